The lowest BCUT2D eigenvalue weighted by Gasteiger charge is -2.53. The molecule has 11 aliphatic heterocycles. The number of aliphatic hydroxyl groups is 2. The Kier molecular flexibility index (Phi) is 5.37. The van der Waals surface area contributed by atoms with E-state index < -0.39 is 46.6 Å². The average molecular weight is 817 g/mol. The third-order valence-corrected chi connectivity index (χ3v) is 15.5. The number of aryl methyl sites for hydroxylation is 2. The molecule has 16 heteroatoms. The lowest BCUT2D eigenvalue weighted by Crippen LogP contribution is -2.65. The van der Waals surface area contributed by atoms with Crippen LogP contribution in [0.4, 0.5) is 0 Å². The number of aliphatic hydroxyl groups excluding tert-OH is 2. The molecule has 16 rings (SSSR count). The first kappa shape index (κ1) is 32.9. The van der Waals surface area contributed by atoms with Crippen LogP contribution in [0.5, 0.6) is 34.5 Å². The highest BCUT2D eigenvalue weighted by atomic mass is 16.8. The van der Waals surface area contributed by atoms with Crippen LogP contribution < -0.4 is 23.7 Å². The lowest BCUT2D eigenvalue weighted by molar-refractivity contribution is -0.378. The number of pyridine rings is 2. The Labute approximate surface area is 339 Å². The van der Waals surface area contributed by atoms with E-state index in [2.05, 4.69) is 0 Å². The van der Waals surface area contributed by atoms with Crippen LogP contribution in [0.2, 0.25) is 0 Å². The Hall–Kier alpha value is -4.78. The van der Waals surface area contributed by atoms with E-state index in [1.54, 1.807) is 0 Å². The van der Waals surface area contributed by atoms with E-state index in [0.717, 1.165) is 5.39 Å². The molecule has 306 valence electrons. The van der Waals surface area contributed by atoms with Gasteiger partial charge in [-0.2, -0.15) is 0 Å². The zero-order chi connectivity index (χ0) is 39.5. The highest BCUT2D eigenvalue weighted by Gasteiger charge is 2.74. The van der Waals surface area contributed by atoms with Crippen molar-refractivity contribution in [2.75, 3.05) is 39.6 Å². The molecule has 6 saturated heterocycles. The summed E-state index contributed by atoms with van der Waals surface area (Å²) in [6.07, 6.45) is 0.954. The predicted molar refractivity (Wildman–Crippen MR) is 201 cm³/mol. The molecule has 0 saturated carbocycles. The number of aromatic nitrogens is 2. The molecule has 3 aromatic heterocycles. The van der Waals surface area contributed by atoms with Gasteiger partial charge in [0.25, 0.3) is 0 Å². The summed E-state index contributed by atoms with van der Waals surface area (Å²) < 4.78 is 79.9. The van der Waals surface area contributed by atoms with Crippen molar-refractivity contribution < 1.29 is 66.7 Å². The molecule has 8 unspecified atom stereocenters. The Morgan fingerprint density at radius 3 is 1.70 bits per heavy atom. The van der Waals surface area contributed by atoms with Crippen LogP contribution in [0.1, 0.15) is 84.4 Å². The average Bonchev–Trinajstić information content (AvgIpc) is 3.84. The molecule has 0 aliphatic carbocycles. The smallest absolute Gasteiger partial charge is 0.246 e. The van der Waals surface area contributed by atoms with Gasteiger partial charge in [-0.3, -0.25) is 4.98 Å². The SMILES string of the molecule is Cc1cc2cc(n1)c1nc(C)c3c(oc4c5c(c6c(c24)OC2(CCO2)C62CCO2)OC2(CCO2)C5O)c1Oc1c-3c2c(c3c1C(O)C1(CCO1)O3)C1(CCO1)C1(CCO1)O2. The standard InChI is InChI=1S/C44H36N2O14/c1-17-15-19-16-20(45-17)28-36-35(55-29-22(19)31-26(33-24(29)37(47)41(57-33)5-11-51-41)39(3-9-49-39)43(59-31)7-13-53-43)21(18(2)46-28)23-30(56-36)25-34(58-42(38(25)48)6-12-52-42)27-32(23)60-44(8-14-54-44)40(27)4-10-50-40/h15-16,37-38,47-48H,3-14H2,1-2H3. The Bertz CT molecular complexity index is 2990. The van der Waals surface area contributed by atoms with Gasteiger partial charge in [0.15, 0.2) is 34.7 Å². The van der Waals surface area contributed by atoms with Crippen LogP contribution in [0.3, 0.4) is 0 Å². The molecule has 2 aromatic carbocycles. The lowest BCUT2D eigenvalue weighted by atomic mass is 9.75. The normalized spacial score (nSPS) is 38.2. The Morgan fingerprint density at radius 2 is 1.13 bits per heavy atom. The fraction of sp³-hybridized carbons (Fsp3) is 0.500. The van der Waals surface area contributed by atoms with E-state index in [1.807, 2.05) is 26.0 Å². The molecular weight excluding hydrogens is 780 g/mol. The maximum absolute atomic E-state index is 12.5. The third kappa shape index (κ3) is 3.19. The molecule has 8 atom stereocenters. The second kappa shape index (κ2) is 9.79. The van der Waals surface area contributed by atoms with Crippen LogP contribution in [0.15, 0.2) is 16.5 Å². The van der Waals surface area contributed by atoms with E-state index >= 15 is 0 Å². The van der Waals surface area contributed by atoms with Gasteiger partial charge in [0.05, 0.1) is 89.6 Å². The van der Waals surface area contributed by atoms with E-state index in [1.165, 1.54) is 0 Å². The van der Waals surface area contributed by atoms with Gasteiger partial charge in [0, 0.05) is 44.2 Å². The molecule has 6 bridgehead atoms. The molecule has 0 amide bonds. The Balaban J connectivity index is 1.08. The van der Waals surface area contributed by atoms with E-state index in [0.29, 0.717) is 179 Å². The quantitative estimate of drug-likeness (QED) is 0.187. The summed E-state index contributed by atoms with van der Waals surface area (Å²) in [7, 11) is 0. The Morgan fingerprint density at radius 1 is 0.567 bits per heavy atom. The highest BCUT2D eigenvalue weighted by molar-refractivity contribution is 6.09. The van der Waals surface area contributed by atoms with Crippen molar-refractivity contribution in [3.05, 3.63) is 45.8 Å². The fourth-order valence-electron chi connectivity index (χ4n) is 12.2. The fourth-order valence-corrected chi connectivity index (χ4v) is 12.2. The summed E-state index contributed by atoms with van der Waals surface area (Å²) in [6.45, 7) is 6.71. The predicted octanol–water partition coefficient (Wildman–Crippen LogP) is 5.81. The van der Waals surface area contributed by atoms with Crippen molar-refractivity contribution in [2.24, 2.45) is 0 Å². The topological polar surface area (TPSA) is 181 Å². The number of benzene rings is 2. The summed E-state index contributed by atoms with van der Waals surface area (Å²) in [5, 5.41) is 26.0. The minimum absolute atomic E-state index is 0.266. The minimum atomic E-state index is -1.32. The van der Waals surface area contributed by atoms with Crippen LogP contribution in [-0.4, -0.2) is 83.0 Å². The number of ether oxygens (including phenoxy) is 11. The second-order valence-electron chi connectivity index (χ2n) is 18.1. The van der Waals surface area contributed by atoms with Crippen LogP contribution >= 0.6 is 0 Å². The molecule has 2 N–H and O–H groups in total. The van der Waals surface area contributed by atoms with Crippen LogP contribution in [0.25, 0.3) is 44.1 Å². The number of hydrogen-bond donors (Lipinski definition) is 2. The molecule has 60 heavy (non-hydrogen) atoms. The first-order valence-corrected chi connectivity index (χ1v) is 21.0. The zero-order valence-electron chi connectivity index (χ0n) is 32.5. The molecule has 6 fully saturated rings. The maximum atomic E-state index is 12.5. The van der Waals surface area contributed by atoms with Gasteiger partial charge >= 0.3 is 0 Å². The van der Waals surface area contributed by atoms with Gasteiger partial charge in [-0.15, -0.1) is 0 Å². The second-order valence-corrected chi connectivity index (χ2v) is 18.1. The number of fused-ring (bicyclic) bond motifs is 21. The van der Waals surface area contributed by atoms with Gasteiger partial charge in [-0.1, -0.05) is 0 Å². The van der Waals surface area contributed by atoms with Gasteiger partial charge in [0.2, 0.25) is 23.1 Å². The molecule has 6 spiro atoms. The number of nitrogens with zero attached hydrogens (tertiary/aromatic N) is 2. The van der Waals surface area contributed by atoms with Gasteiger partial charge in [-0.25, -0.2) is 4.98 Å². The van der Waals surface area contributed by atoms with Crippen molar-refractivity contribution in [3.8, 4) is 45.6 Å². The molecule has 16 nitrogen and oxygen atoms in total. The van der Waals surface area contributed by atoms with Crippen molar-refractivity contribution >= 4 is 33.0 Å². The summed E-state index contributed by atoms with van der Waals surface area (Å²) in [5.41, 5.74) is 4.19. The molecule has 5 aromatic rings. The van der Waals surface area contributed by atoms with Crippen molar-refractivity contribution in [2.45, 2.75) is 98.9 Å². The summed E-state index contributed by atoms with van der Waals surface area (Å²) in [4.78, 5) is 10.2. The molecule has 0 radical (unpaired) electrons. The van der Waals surface area contributed by atoms with Gasteiger partial charge in [0.1, 0.15) is 39.8 Å². The molecular formula is C44H36N2O14. The minimum Gasteiger partial charge on any atom is -0.458 e. The first-order valence-electron chi connectivity index (χ1n) is 21.0. The van der Waals surface area contributed by atoms with Gasteiger partial charge in [-0.05, 0) is 31.4 Å². The summed E-state index contributed by atoms with van der Waals surface area (Å²) in [5.74, 6) is -2.42. The molecule has 11 aliphatic rings. The van der Waals surface area contributed by atoms with E-state index in [-0.39, 0.29) is 5.75 Å². The van der Waals surface area contributed by atoms with Crippen LogP contribution in [-0.2, 0) is 39.6 Å². The highest BCUT2D eigenvalue weighted by Crippen LogP contribution is 2.73. The largest absolute Gasteiger partial charge is 0.458 e. The van der Waals surface area contributed by atoms with Gasteiger partial charge < -0.3 is 66.7 Å². The summed E-state index contributed by atoms with van der Waals surface area (Å²) >= 11 is 0. The number of hydrogen-bond acceptors (Lipinski definition) is 16. The first-order chi connectivity index (χ1) is 29.2. The van der Waals surface area contributed by atoms with Crippen LogP contribution in [0, 0.1) is 13.8 Å². The van der Waals surface area contributed by atoms with E-state index in [9.17, 15) is 10.2 Å². The maximum Gasteiger partial charge on any atom is 0.246 e. The third-order valence-electron chi connectivity index (χ3n) is 15.5. The molecule has 14 heterocycles. The van der Waals surface area contributed by atoms with Crippen molar-refractivity contribution in [1.82, 2.24) is 9.97 Å². The van der Waals surface area contributed by atoms with Crippen molar-refractivity contribution in [1.29, 1.82) is 0 Å². The summed E-state index contributed by atoms with van der Waals surface area (Å²) in [6, 6.07) is 3.91. The number of rotatable bonds is 0. The van der Waals surface area contributed by atoms with Crippen molar-refractivity contribution in [3.63, 3.8) is 0 Å². The zero-order valence-corrected chi connectivity index (χ0v) is 32.5. The monoisotopic (exact) mass is 816 g/mol. The van der Waals surface area contributed by atoms with E-state index in [4.69, 9.17) is 66.5 Å².